The van der Waals surface area contributed by atoms with Gasteiger partial charge in [0.25, 0.3) is 5.91 Å². The fourth-order valence-electron chi connectivity index (χ4n) is 2.69. The van der Waals surface area contributed by atoms with Crippen LogP contribution in [0, 0.1) is 0 Å². The molecular formula is C18H24ClN3O5. The molecule has 0 aromatic heterocycles. The van der Waals surface area contributed by atoms with Crippen LogP contribution in [0.4, 0.5) is 10.5 Å². The van der Waals surface area contributed by atoms with E-state index in [1.807, 2.05) is 20.8 Å². The predicted molar refractivity (Wildman–Crippen MR) is 101 cm³/mol. The van der Waals surface area contributed by atoms with Crippen LogP contribution in [0.25, 0.3) is 0 Å². The van der Waals surface area contributed by atoms with Gasteiger partial charge >= 0.3 is 12.0 Å². The van der Waals surface area contributed by atoms with Crippen molar-refractivity contribution in [1.29, 1.82) is 0 Å². The second-order valence-electron chi connectivity index (χ2n) is 7.51. The number of nitrogens with one attached hydrogen (secondary N) is 2. The van der Waals surface area contributed by atoms with E-state index in [2.05, 4.69) is 10.6 Å². The van der Waals surface area contributed by atoms with Gasteiger partial charge in [0.2, 0.25) is 0 Å². The van der Waals surface area contributed by atoms with E-state index in [4.69, 9.17) is 16.3 Å². The molecule has 2 rings (SSSR count). The Morgan fingerprint density at radius 3 is 2.52 bits per heavy atom. The molecule has 0 bridgehead atoms. The summed E-state index contributed by atoms with van der Waals surface area (Å²) in [5.41, 5.74) is 0.175. The number of carboxylic acid groups (broad SMARTS) is 1. The minimum absolute atomic E-state index is 0.0724. The van der Waals surface area contributed by atoms with Crippen LogP contribution in [-0.4, -0.2) is 58.8 Å². The first kappa shape index (κ1) is 21.0. The second kappa shape index (κ2) is 8.14. The number of morpholine rings is 1. The van der Waals surface area contributed by atoms with Gasteiger partial charge in [0.1, 0.15) is 0 Å². The molecule has 0 spiro atoms. The molecule has 3 N–H and O–H groups in total. The van der Waals surface area contributed by atoms with Crippen LogP contribution < -0.4 is 10.6 Å². The van der Waals surface area contributed by atoms with Crippen molar-refractivity contribution in [3.8, 4) is 0 Å². The number of urea groups is 1. The van der Waals surface area contributed by atoms with Gasteiger partial charge in [0, 0.05) is 17.8 Å². The molecule has 0 saturated carbocycles. The summed E-state index contributed by atoms with van der Waals surface area (Å²) in [6, 6.07) is 4.17. The van der Waals surface area contributed by atoms with Gasteiger partial charge in [0.05, 0.1) is 23.2 Å². The quantitative estimate of drug-likeness (QED) is 0.726. The van der Waals surface area contributed by atoms with Crippen molar-refractivity contribution in [2.75, 3.05) is 18.4 Å². The number of nitrogens with zero attached hydrogens (tertiary/aromatic N) is 1. The number of carbonyl (C=O) groups is 3. The third kappa shape index (κ3) is 5.83. The van der Waals surface area contributed by atoms with Crippen LogP contribution in [0.1, 0.15) is 38.1 Å². The molecule has 0 radical (unpaired) electrons. The lowest BCUT2D eigenvalue weighted by Gasteiger charge is -2.35. The smallest absolute Gasteiger partial charge is 0.334 e. The van der Waals surface area contributed by atoms with Crippen LogP contribution in [0.5, 0.6) is 0 Å². The molecular weight excluding hydrogens is 374 g/mol. The van der Waals surface area contributed by atoms with E-state index >= 15 is 0 Å². The zero-order valence-electron chi connectivity index (χ0n) is 15.7. The Labute approximate surface area is 162 Å². The summed E-state index contributed by atoms with van der Waals surface area (Å²) in [5.74, 6) is -1.54. The lowest BCUT2D eigenvalue weighted by Crippen LogP contribution is -2.51. The van der Waals surface area contributed by atoms with Crippen molar-refractivity contribution in [3.05, 3.63) is 28.8 Å². The number of carboxylic acids is 1. The molecule has 1 heterocycles. The number of rotatable bonds is 3. The number of amides is 3. The van der Waals surface area contributed by atoms with E-state index in [1.54, 1.807) is 13.0 Å². The van der Waals surface area contributed by atoms with E-state index in [0.29, 0.717) is 5.69 Å². The highest BCUT2D eigenvalue weighted by Crippen LogP contribution is 2.24. The average molecular weight is 398 g/mol. The van der Waals surface area contributed by atoms with Crippen LogP contribution >= 0.6 is 11.6 Å². The monoisotopic (exact) mass is 397 g/mol. The highest BCUT2D eigenvalue weighted by atomic mass is 35.5. The van der Waals surface area contributed by atoms with Crippen molar-refractivity contribution in [2.45, 2.75) is 45.4 Å². The van der Waals surface area contributed by atoms with E-state index in [1.165, 1.54) is 17.0 Å². The summed E-state index contributed by atoms with van der Waals surface area (Å²) >= 11 is 6.17. The Balaban J connectivity index is 2.18. The minimum atomic E-state index is -1.13. The van der Waals surface area contributed by atoms with Gasteiger partial charge < -0.3 is 25.4 Å². The first-order chi connectivity index (χ1) is 12.5. The van der Waals surface area contributed by atoms with E-state index in [-0.39, 0.29) is 23.7 Å². The molecule has 1 unspecified atom stereocenters. The molecule has 8 nitrogen and oxygen atoms in total. The summed E-state index contributed by atoms with van der Waals surface area (Å²) in [4.78, 5) is 37.5. The molecule has 1 aromatic carbocycles. The standard InChI is InChI=1S/C18H24ClN3O5/c1-10-8-22(9-14(27-10)16(24)25)15(23)12-7-11(5-6-13(12)19)20-17(26)21-18(2,3)4/h5-7,10,14H,8-9H2,1-4H3,(H,24,25)(H2,20,21,26)/t10-,14?/m1/s1. The number of ether oxygens (including phenoxy) is 1. The Hall–Kier alpha value is -2.32. The van der Waals surface area contributed by atoms with Gasteiger partial charge in [-0.3, -0.25) is 4.79 Å². The van der Waals surface area contributed by atoms with Crippen LogP contribution in [0.3, 0.4) is 0 Å². The maximum Gasteiger partial charge on any atom is 0.334 e. The fraction of sp³-hybridized carbons (Fsp3) is 0.500. The first-order valence-corrected chi connectivity index (χ1v) is 8.90. The fourth-order valence-corrected chi connectivity index (χ4v) is 2.89. The molecule has 3 amide bonds. The molecule has 1 saturated heterocycles. The lowest BCUT2D eigenvalue weighted by molar-refractivity contribution is -0.160. The Morgan fingerprint density at radius 2 is 1.93 bits per heavy atom. The van der Waals surface area contributed by atoms with Crippen molar-refractivity contribution in [2.24, 2.45) is 0 Å². The number of anilines is 1. The zero-order chi connectivity index (χ0) is 20.4. The Morgan fingerprint density at radius 1 is 1.26 bits per heavy atom. The Bertz CT molecular complexity index is 747. The molecule has 2 atom stereocenters. The van der Waals surface area contributed by atoms with E-state index < -0.39 is 35.7 Å². The van der Waals surface area contributed by atoms with E-state index in [9.17, 15) is 19.5 Å². The SMILES string of the molecule is C[C@@H]1CN(C(=O)c2cc(NC(=O)NC(C)(C)C)ccc2Cl)CC(C(=O)O)O1. The summed E-state index contributed by atoms with van der Waals surface area (Å²) in [6.07, 6.45) is -1.50. The number of carbonyl (C=O) groups excluding carboxylic acids is 2. The number of hydrogen-bond acceptors (Lipinski definition) is 4. The topological polar surface area (TPSA) is 108 Å². The van der Waals surface area contributed by atoms with Crippen LogP contribution in [-0.2, 0) is 9.53 Å². The normalized spacial score (nSPS) is 20.1. The van der Waals surface area contributed by atoms with Crippen molar-refractivity contribution in [1.82, 2.24) is 10.2 Å². The Kier molecular flexibility index (Phi) is 6.33. The molecule has 1 aliphatic rings. The highest BCUT2D eigenvalue weighted by Gasteiger charge is 2.33. The largest absolute Gasteiger partial charge is 0.479 e. The average Bonchev–Trinajstić information content (AvgIpc) is 2.53. The van der Waals surface area contributed by atoms with Gasteiger partial charge in [-0.25, -0.2) is 9.59 Å². The summed E-state index contributed by atoms with van der Waals surface area (Å²) in [6.45, 7) is 7.43. The van der Waals surface area contributed by atoms with Crippen molar-refractivity contribution < 1.29 is 24.2 Å². The van der Waals surface area contributed by atoms with Gasteiger partial charge in [-0.15, -0.1) is 0 Å². The van der Waals surface area contributed by atoms with Crippen molar-refractivity contribution >= 4 is 35.2 Å². The lowest BCUT2D eigenvalue weighted by atomic mass is 10.1. The molecule has 1 aromatic rings. The second-order valence-corrected chi connectivity index (χ2v) is 7.91. The maximum atomic E-state index is 12.9. The minimum Gasteiger partial charge on any atom is -0.479 e. The van der Waals surface area contributed by atoms with Crippen LogP contribution in [0.15, 0.2) is 18.2 Å². The highest BCUT2D eigenvalue weighted by molar-refractivity contribution is 6.34. The molecule has 148 valence electrons. The number of benzene rings is 1. The maximum absolute atomic E-state index is 12.9. The number of halogens is 1. The van der Waals surface area contributed by atoms with Gasteiger partial charge in [0.15, 0.2) is 6.10 Å². The number of hydrogen-bond donors (Lipinski definition) is 3. The summed E-state index contributed by atoms with van der Waals surface area (Å²) < 4.78 is 5.33. The zero-order valence-corrected chi connectivity index (χ0v) is 16.5. The van der Waals surface area contributed by atoms with Gasteiger partial charge in [-0.2, -0.15) is 0 Å². The third-order valence-electron chi connectivity index (χ3n) is 3.77. The molecule has 9 heteroatoms. The molecule has 1 aliphatic heterocycles. The van der Waals surface area contributed by atoms with E-state index in [0.717, 1.165) is 0 Å². The molecule has 27 heavy (non-hydrogen) atoms. The number of aliphatic carboxylic acids is 1. The third-order valence-corrected chi connectivity index (χ3v) is 4.10. The van der Waals surface area contributed by atoms with Crippen molar-refractivity contribution in [3.63, 3.8) is 0 Å². The molecule has 1 fully saturated rings. The summed E-state index contributed by atoms with van der Waals surface area (Å²) in [7, 11) is 0. The van der Waals surface area contributed by atoms with Crippen LogP contribution in [0.2, 0.25) is 5.02 Å². The predicted octanol–water partition coefficient (Wildman–Crippen LogP) is 2.57. The van der Waals surface area contributed by atoms with Gasteiger partial charge in [-0.05, 0) is 45.9 Å². The first-order valence-electron chi connectivity index (χ1n) is 8.52. The van der Waals surface area contributed by atoms with Gasteiger partial charge in [-0.1, -0.05) is 11.6 Å². The molecule has 0 aliphatic carbocycles. The summed E-state index contributed by atoms with van der Waals surface area (Å²) in [5, 5.41) is 14.8.